The molecule has 0 unspecified atom stereocenters. The van der Waals surface area contributed by atoms with Gasteiger partial charge in [0.15, 0.2) is 0 Å². The molecular weight excluding hydrogens is 362 g/mol. The van der Waals surface area contributed by atoms with E-state index < -0.39 is 0 Å². The van der Waals surface area contributed by atoms with E-state index in [2.05, 4.69) is 10.4 Å². The van der Waals surface area contributed by atoms with E-state index in [1.54, 1.807) is 6.07 Å². The summed E-state index contributed by atoms with van der Waals surface area (Å²) in [6.07, 6.45) is 0. The van der Waals surface area contributed by atoms with Crippen molar-refractivity contribution in [2.45, 2.75) is 20.4 Å². The van der Waals surface area contributed by atoms with Crippen molar-refractivity contribution in [2.24, 2.45) is 0 Å². The molecule has 4 rings (SSSR count). The van der Waals surface area contributed by atoms with Crippen molar-refractivity contribution in [3.63, 3.8) is 0 Å². The van der Waals surface area contributed by atoms with Gasteiger partial charge in [-0.15, -0.1) is 0 Å². The molecule has 1 heterocycles. The number of anilines is 1. The number of fused-ring (bicyclic) bond motifs is 1. The average Bonchev–Trinajstić information content (AvgIpc) is 2.73. The SMILES string of the molecule is Cc1ccc(NC(=O)Cn2nc(-c3ccc(C)cc3)c3ccccc3c2=O)cc1. The number of hydrogen-bond donors (Lipinski definition) is 1. The van der Waals surface area contributed by atoms with Gasteiger partial charge in [0.2, 0.25) is 5.91 Å². The van der Waals surface area contributed by atoms with Crippen molar-refractivity contribution in [3.8, 4) is 11.3 Å². The molecule has 0 saturated heterocycles. The molecule has 0 saturated carbocycles. The predicted octanol–water partition coefficient (Wildman–Crippen LogP) is 4.32. The number of amides is 1. The first-order valence-electron chi connectivity index (χ1n) is 9.45. The summed E-state index contributed by atoms with van der Waals surface area (Å²) in [5.41, 5.74) is 4.24. The summed E-state index contributed by atoms with van der Waals surface area (Å²) in [6.45, 7) is 3.85. The maximum Gasteiger partial charge on any atom is 0.275 e. The second-order valence-corrected chi connectivity index (χ2v) is 7.14. The third kappa shape index (κ3) is 3.94. The van der Waals surface area contributed by atoms with E-state index >= 15 is 0 Å². The van der Waals surface area contributed by atoms with E-state index in [0.717, 1.165) is 22.1 Å². The fourth-order valence-corrected chi connectivity index (χ4v) is 3.24. The van der Waals surface area contributed by atoms with Crippen LogP contribution in [0.4, 0.5) is 5.69 Å². The number of rotatable bonds is 4. The van der Waals surface area contributed by atoms with Gasteiger partial charge in [-0.05, 0) is 32.0 Å². The molecule has 1 aromatic heterocycles. The highest BCUT2D eigenvalue weighted by molar-refractivity contribution is 5.94. The molecule has 5 nitrogen and oxygen atoms in total. The molecule has 1 N–H and O–H groups in total. The Morgan fingerprint density at radius 3 is 2.10 bits per heavy atom. The predicted molar refractivity (Wildman–Crippen MR) is 116 cm³/mol. The highest BCUT2D eigenvalue weighted by Gasteiger charge is 2.14. The molecule has 0 spiro atoms. The summed E-state index contributed by atoms with van der Waals surface area (Å²) in [4.78, 5) is 25.5. The van der Waals surface area contributed by atoms with E-state index in [1.165, 1.54) is 4.68 Å². The smallest absolute Gasteiger partial charge is 0.275 e. The van der Waals surface area contributed by atoms with Gasteiger partial charge in [0.1, 0.15) is 6.54 Å². The lowest BCUT2D eigenvalue weighted by Crippen LogP contribution is -2.30. The molecule has 0 aliphatic rings. The number of hydrogen-bond acceptors (Lipinski definition) is 3. The normalized spacial score (nSPS) is 10.8. The van der Waals surface area contributed by atoms with Crippen LogP contribution in [-0.4, -0.2) is 15.7 Å². The minimum Gasteiger partial charge on any atom is -0.324 e. The van der Waals surface area contributed by atoms with E-state index in [1.807, 2.05) is 80.6 Å². The van der Waals surface area contributed by atoms with Crippen LogP contribution in [0.2, 0.25) is 0 Å². The highest BCUT2D eigenvalue weighted by atomic mass is 16.2. The fraction of sp³-hybridized carbons (Fsp3) is 0.125. The van der Waals surface area contributed by atoms with Crippen LogP contribution >= 0.6 is 0 Å². The molecule has 0 aliphatic heterocycles. The quantitative estimate of drug-likeness (QED) is 0.571. The Morgan fingerprint density at radius 1 is 0.862 bits per heavy atom. The molecule has 0 aliphatic carbocycles. The molecular formula is C24H21N3O2. The summed E-state index contributed by atoms with van der Waals surface area (Å²) in [5, 5.41) is 8.68. The van der Waals surface area contributed by atoms with E-state index in [0.29, 0.717) is 16.8 Å². The van der Waals surface area contributed by atoms with Crippen LogP contribution in [0.1, 0.15) is 11.1 Å². The van der Waals surface area contributed by atoms with Gasteiger partial charge in [0.05, 0.1) is 11.1 Å². The first-order valence-corrected chi connectivity index (χ1v) is 9.45. The number of carbonyl (C=O) groups is 1. The van der Waals surface area contributed by atoms with Gasteiger partial charge in [-0.3, -0.25) is 9.59 Å². The number of nitrogens with one attached hydrogen (secondary N) is 1. The zero-order chi connectivity index (χ0) is 20.4. The Bertz CT molecular complexity index is 1240. The zero-order valence-electron chi connectivity index (χ0n) is 16.3. The third-order valence-electron chi connectivity index (χ3n) is 4.82. The van der Waals surface area contributed by atoms with Crippen LogP contribution in [0.15, 0.2) is 77.6 Å². The van der Waals surface area contributed by atoms with Gasteiger partial charge in [0.25, 0.3) is 5.56 Å². The molecule has 0 atom stereocenters. The number of nitrogens with zero attached hydrogens (tertiary/aromatic N) is 2. The lowest BCUT2D eigenvalue weighted by molar-refractivity contribution is -0.117. The molecule has 3 aromatic carbocycles. The van der Waals surface area contributed by atoms with Crippen LogP contribution in [0.25, 0.3) is 22.0 Å². The maximum atomic E-state index is 12.9. The largest absolute Gasteiger partial charge is 0.324 e. The van der Waals surface area contributed by atoms with Gasteiger partial charge < -0.3 is 5.32 Å². The number of aromatic nitrogens is 2. The van der Waals surface area contributed by atoms with Crippen molar-refractivity contribution in [1.29, 1.82) is 0 Å². The summed E-state index contributed by atoms with van der Waals surface area (Å²) in [6, 6.07) is 22.8. The Balaban J connectivity index is 1.73. The standard InChI is InChI=1S/C24H21N3O2/c1-16-7-11-18(12-8-16)23-20-5-3-4-6-21(20)24(29)27(26-23)15-22(28)25-19-13-9-17(2)10-14-19/h3-14H,15H2,1-2H3,(H,25,28). The lowest BCUT2D eigenvalue weighted by atomic mass is 10.0. The molecule has 0 fully saturated rings. The van der Waals surface area contributed by atoms with Crippen molar-refractivity contribution in [2.75, 3.05) is 5.32 Å². The van der Waals surface area contributed by atoms with Crippen molar-refractivity contribution in [1.82, 2.24) is 9.78 Å². The Morgan fingerprint density at radius 2 is 1.45 bits per heavy atom. The van der Waals surface area contributed by atoms with Crippen LogP contribution in [0, 0.1) is 13.8 Å². The number of benzene rings is 3. The maximum absolute atomic E-state index is 12.9. The van der Waals surface area contributed by atoms with Crippen molar-refractivity contribution in [3.05, 3.63) is 94.3 Å². The summed E-state index contributed by atoms with van der Waals surface area (Å²) in [5.74, 6) is -0.298. The van der Waals surface area contributed by atoms with E-state index in [4.69, 9.17) is 0 Å². The van der Waals surface area contributed by atoms with Crippen molar-refractivity contribution >= 4 is 22.4 Å². The molecule has 1 amide bonds. The first-order chi connectivity index (χ1) is 14.0. The summed E-state index contributed by atoms with van der Waals surface area (Å²) < 4.78 is 1.24. The minimum atomic E-state index is -0.298. The second-order valence-electron chi connectivity index (χ2n) is 7.14. The third-order valence-corrected chi connectivity index (χ3v) is 4.82. The average molecular weight is 383 g/mol. The van der Waals surface area contributed by atoms with E-state index in [9.17, 15) is 9.59 Å². The Labute approximate surface area is 168 Å². The van der Waals surface area contributed by atoms with Crippen LogP contribution in [-0.2, 0) is 11.3 Å². The van der Waals surface area contributed by atoms with Crippen molar-refractivity contribution < 1.29 is 4.79 Å². The molecule has 5 heteroatoms. The summed E-state index contributed by atoms with van der Waals surface area (Å²) in [7, 11) is 0. The van der Waals surface area contributed by atoms with Crippen LogP contribution in [0.5, 0.6) is 0 Å². The Kier molecular flexibility index (Phi) is 4.96. The van der Waals surface area contributed by atoms with E-state index in [-0.39, 0.29) is 18.0 Å². The molecule has 0 radical (unpaired) electrons. The number of aryl methyl sites for hydroxylation is 2. The molecule has 29 heavy (non-hydrogen) atoms. The zero-order valence-corrected chi connectivity index (χ0v) is 16.3. The topological polar surface area (TPSA) is 64.0 Å². The molecule has 4 aromatic rings. The molecule has 144 valence electrons. The molecule has 0 bridgehead atoms. The van der Waals surface area contributed by atoms with Gasteiger partial charge in [-0.25, -0.2) is 4.68 Å². The number of carbonyl (C=O) groups excluding carboxylic acids is 1. The van der Waals surface area contributed by atoms with Gasteiger partial charge in [0, 0.05) is 16.6 Å². The first kappa shape index (κ1) is 18.6. The monoisotopic (exact) mass is 383 g/mol. The van der Waals surface area contributed by atoms with Gasteiger partial charge in [-0.1, -0.05) is 65.7 Å². The Hall–Kier alpha value is -3.73. The minimum absolute atomic E-state index is 0.156. The van der Waals surface area contributed by atoms with Gasteiger partial charge >= 0.3 is 0 Å². The fourth-order valence-electron chi connectivity index (χ4n) is 3.24. The lowest BCUT2D eigenvalue weighted by Gasteiger charge is -2.12. The highest BCUT2D eigenvalue weighted by Crippen LogP contribution is 2.24. The summed E-state index contributed by atoms with van der Waals surface area (Å²) >= 11 is 0. The van der Waals surface area contributed by atoms with Crippen LogP contribution < -0.4 is 10.9 Å². The van der Waals surface area contributed by atoms with Gasteiger partial charge in [-0.2, -0.15) is 5.10 Å². The second kappa shape index (κ2) is 7.72. The van der Waals surface area contributed by atoms with Crippen LogP contribution in [0.3, 0.4) is 0 Å².